The highest BCUT2D eigenvalue weighted by Gasteiger charge is 2.33. The molecule has 1 atom stereocenters. The molecule has 1 unspecified atom stereocenters. The number of ether oxygens (including phenoxy) is 1. The van der Waals surface area contributed by atoms with Gasteiger partial charge in [-0.2, -0.15) is 0 Å². The van der Waals surface area contributed by atoms with E-state index in [0.29, 0.717) is 26.3 Å². The average molecular weight is 263 g/mol. The predicted octanol–water partition coefficient (Wildman–Crippen LogP) is 1.14. The van der Waals surface area contributed by atoms with E-state index in [1.54, 1.807) is 4.90 Å². The van der Waals surface area contributed by atoms with Crippen LogP contribution in [0.25, 0.3) is 0 Å². The highest BCUT2D eigenvalue weighted by atomic mass is 16.5. The Hall–Kier alpha value is -1.88. The molecule has 0 saturated carbocycles. The molecule has 0 aromatic heterocycles. The normalized spacial score (nSPS) is 18.8. The number of carbonyl (C=O) groups excluding carboxylic acids is 1. The van der Waals surface area contributed by atoms with Gasteiger partial charge in [-0.05, 0) is 5.56 Å². The van der Waals surface area contributed by atoms with E-state index in [1.807, 2.05) is 30.3 Å². The molecule has 1 heterocycles. The van der Waals surface area contributed by atoms with E-state index in [-0.39, 0.29) is 12.3 Å². The number of carbonyl (C=O) groups is 2. The lowest BCUT2D eigenvalue weighted by molar-refractivity contribution is -0.141. The minimum atomic E-state index is -0.902. The summed E-state index contributed by atoms with van der Waals surface area (Å²) in [6.07, 6.45) is 0.105. The van der Waals surface area contributed by atoms with Crippen molar-refractivity contribution in [3.05, 3.63) is 35.9 Å². The second-order valence-corrected chi connectivity index (χ2v) is 4.62. The molecule has 1 aromatic rings. The van der Waals surface area contributed by atoms with Crippen molar-refractivity contribution in [2.24, 2.45) is 5.92 Å². The van der Waals surface area contributed by atoms with E-state index in [4.69, 9.17) is 9.84 Å². The third kappa shape index (κ3) is 3.79. The molecule has 2 rings (SSSR count). The summed E-state index contributed by atoms with van der Waals surface area (Å²) in [7, 11) is 0. The van der Waals surface area contributed by atoms with Crippen molar-refractivity contribution in [3.8, 4) is 0 Å². The molecule has 1 amide bonds. The number of hydrogen-bond donors (Lipinski definition) is 1. The van der Waals surface area contributed by atoms with Gasteiger partial charge >= 0.3 is 5.97 Å². The van der Waals surface area contributed by atoms with Crippen molar-refractivity contribution in [3.63, 3.8) is 0 Å². The van der Waals surface area contributed by atoms with Crippen molar-refractivity contribution in [2.75, 3.05) is 19.7 Å². The molecule has 0 spiro atoms. The zero-order valence-corrected chi connectivity index (χ0v) is 10.6. The number of likely N-dealkylation sites (tertiary alicyclic amines) is 1. The second-order valence-electron chi connectivity index (χ2n) is 4.62. The molecule has 5 nitrogen and oxygen atoms in total. The third-order valence-electron chi connectivity index (χ3n) is 3.18. The molecule has 1 N–H and O–H groups in total. The van der Waals surface area contributed by atoms with Crippen LogP contribution in [0.3, 0.4) is 0 Å². The topological polar surface area (TPSA) is 66.8 Å². The van der Waals surface area contributed by atoms with Crippen LogP contribution in [0.1, 0.15) is 12.0 Å². The molecule has 102 valence electrons. The van der Waals surface area contributed by atoms with Gasteiger partial charge in [-0.3, -0.25) is 9.59 Å². The Morgan fingerprint density at radius 1 is 1.37 bits per heavy atom. The van der Waals surface area contributed by atoms with Gasteiger partial charge in [0.25, 0.3) is 0 Å². The first-order chi connectivity index (χ1) is 9.16. The summed E-state index contributed by atoms with van der Waals surface area (Å²) in [6, 6.07) is 9.78. The number of aliphatic carboxylic acids is 1. The smallest absolute Gasteiger partial charge is 0.308 e. The first-order valence-corrected chi connectivity index (χ1v) is 6.29. The van der Waals surface area contributed by atoms with E-state index in [0.717, 1.165) is 5.56 Å². The lowest BCUT2D eigenvalue weighted by Gasteiger charge is -2.15. The third-order valence-corrected chi connectivity index (χ3v) is 3.18. The van der Waals surface area contributed by atoms with E-state index in [2.05, 4.69) is 0 Å². The fraction of sp³-hybridized carbons (Fsp3) is 0.429. The molecule has 0 bridgehead atoms. The molecule has 1 fully saturated rings. The van der Waals surface area contributed by atoms with E-state index < -0.39 is 11.9 Å². The monoisotopic (exact) mass is 263 g/mol. The van der Waals surface area contributed by atoms with Crippen molar-refractivity contribution in [1.82, 2.24) is 4.90 Å². The number of carboxylic acids is 1. The van der Waals surface area contributed by atoms with Crippen molar-refractivity contribution in [2.45, 2.75) is 13.0 Å². The van der Waals surface area contributed by atoms with E-state index in [9.17, 15) is 9.59 Å². The second kappa shape index (κ2) is 6.33. The molecule has 1 aliphatic heterocycles. The fourth-order valence-corrected chi connectivity index (χ4v) is 2.09. The molecular formula is C14H17NO4. The van der Waals surface area contributed by atoms with E-state index >= 15 is 0 Å². The summed E-state index contributed by atoms with van der Waals surface area (Å²) in [5, 5.41) is 8.86. The van der Waals surface area contributed by atoms with Crippen LogP contribution in [-0.2, 0) is 20.9 Å². The first-order valence-electron chi connectivity index (χ1n) is 6.29. The SMILES string of the molecule is O=C(O)C1CC(=O)N(CCOCc2ccccc2)C1. The number of nitrogens with zero attached hydrogens (tertiary/aromatic N) is 1. The predicted molar refractivity (Wildman–Crippen MR) is 68.4 cm³/mol. The maximum atomic E-state index is 11.6. The van der Waals surface area contributed by atoms with Gasteiger partial charge in [0.2, 0.25) is 5.91 Å². The Morgan fingerprint density at radius 2 is 2.11 bits per heavy atom. The van der Waals surface area contributed by atoms with Crippen molar-refractivity contribution < 1.29 is 19.4 Å². The minimum Gasteiger partial charge on any atom is -0.481 e. The lowest BCUT2D eigenvalue weighted by atomic mass is 10.1. The number of amides is 1. The molecule has 5 heteroatoms. The fourth-order valence-electron chi connectivity index (χ4n) is 2.09. The summed E-state index contributed by atoms with van der Waals surface area (Å²) in [5.74, 6) is -1.57. The molecule has 1 aromatic carbocycles. The summed E-state index contributed by atoms with van der Waals surface area (Å²) < 4.78 is 5.48. The average Bonchev–Trinajstić information content (AvgIpc) is 2.78. The number of carboxylic acid groups (broad SMARTS) is 1. The van der Waals surface area contributed by atoms with Crippen molar-refractivity contribution in [1.29, 1.82) is 0 Å². The standard InChI is InChI=1S/C14H17NO4/c16-13-8-12(14(17)18)9-15(13)6-7-19-10-11-4-2-1-3-5-11/h1-5,12H,6-10H2,(H,17,18). The lowest BCUT2D eigenvalue weighted by Crippen LogP contribution is -2.29. The van der Waals surface area contributed by atoms with Gasteiger partial charge in [0.05, 0.1) is 19.1 Å². The number of hydrogen-bond acceptors (Lipinski definition) is 3. The van der Waals surface area contributed by atoms with Crippen molar-refractivity contribution >= 4 is 11.9 Å². The maximum absolute atomic E-state index is 11.6. The van der Waals surface area contributed by atoms with Crippen LogP contribution in [0.15, 0.2) is 30.3 Å². The van der Waals surface area contributed by atoms with Gasteiger partial charge in [-0.1, -0.05) is 30.3 Å². The number of rotatable bonds is 6. The summed E-state index contributed by atoms with van der Waals surface area (Å²) in [4.78, 5) is 23.9. The summed E-state index contributed by atoms with van der Waals surface area (Å²) >= 11 is 0. The minimum absolute atomic E-state index is 0.101. The van der Waals surface area contributed by atoms with Crippen LogP contribution < -0.4 is 0 Å². The zero-order valence-electron chi connectivity index (χ0n) is 10.6. The highest BCUT2D eigenvalue weighted by molar-refractivity contribution is 5.86. The van der Waals surface area contributed by atoms with Gasteiger partial charge in [0.15, 0.2) is 0 Å². The molecule has 0 aliphatic carbocycles. The Labute approximate surface area is 111 Å². The van der Waals surface area contributed by atoms with Crippen LogP contribution in [0, 0.1) is 5.92 Å². The quantitative estimate of drug-likeness (QED) is 0.781. The Morgan fingerprint density at radius 3 is 2.74 bits per heavy atom. The molecule has 0 radical (unpaired) electrons. The van der Waals surface area contributed by atoms with Crippen LogP contribution >= 0.6 is 0 Å². The van der Waals surface area contributed by atoms with Gasteiger partial charge in [0.1, 0.15) is 0 Å². The Kier molecular flexibility index (Phi) is 4.52. The molecule has 19 heavy (non-hydrogen) atoms. The van der Waals surface area contributed by atoms with E-state index in [1.165, 1.54) is 0 Å². The van der Waals surface area contributed by atoms with Gasteiger partial charge in [-0.15, -0.1) is 0 Å². The first kappa shape index (κ1) is 13.5. The molecular weight excluding hydrogens is 246 g/mol. The zero-order chi connectivity index (χ0) is 13.7. The van der Waals surface area contributed by atoms with Crippen LogP contribution in [0.4, 0.5) is 0 Å². The largest absolute Gasteiger partial charge is 0.481 e. The van der Waals surface area contributed by atoms with Gasteiger partial charge in [0, 0.05) is 19.5 Å². The van der Waals surface area contributed by atoms with Crippen LogP contribution in [0.5, 0.6) is 0 Å². The maximum Gasteiger partial charge on any atom is 0.308 e. The van der Waals surface area contributed by atoms with Gasteiger partial charge in [-0.25, -0.2) is 0 Å². The number of benzene rings is 1. The summed E-state index contributed by atoms with van der Waals surface area (Å²) in [6.45, 7) is 1.68. The Bertz CT molecular complexity index is 446. The van der Waals surface area contributed by atoms with Crippen LogP contribution in [-0.4, -0.2) is 41.6 Å². The highest BCUT2D eigenvalue weighted by Crippen LogP contribution is 2.17. The molecule has 1 saturated heterocycles. The van der Waals surface area contributed by atoms with Gasteiger partial charge < -0.3 is 14.7 Å². The summed E-state index contributed by atoms with van der Waals surface area (Å²) in [5.41, 5.74) is 1.08. The Balaban J connectivity index is 1.69. The van der Waals surface area contributed by atoms with Crippen LogP contribution in [0.2, 0.25) is 0 Å². The molecule has 1 aliphatic rings.